The van der Waals surface area contributed by atoms with Gasteiger partial charge in [-0.25, -0.2) is 9.59 Å². The molecule has 1 saturated heterocycles. The average molecular weight is 632 g/mol. The van der Waals surface area contributed by atoms with Crippen molar-refractivity contribution in [2.75, 3.05) is 6.54 Å². The minimum Gasteiger partial charge on any atom is -0.461 e. The van der Waals surface area contributed by atoms with Crippen molar-refractivity contribution in [1.29, 1.82) is 0 Å². The van der Waals surface area contributed by atoms with E-state index in [4.69, 9.17) is 10.5 Å². The molecule has 0 aromatic rings. The molecule has 0 bridgehead atoms. The lowest BCUT2D eigenvalue weighted by atomic mass is 9.80. The van der Waals surface area contributed by atoms with Gasteiger partial charge in [-0.1, -0.05) is 65.4 Å². The number of carbonyl (C=O) groups excluding carboxylic acids is 6. The van der Waals surface area contributed by atoms with Gasteiger partial charge >= 0.3 is 12.0 Å². The van der Waals surface area contributed by atoms with Gasteiger partial charge in [0.2, 0.25) is 17.6 Å². The number of likely N-dealkylation sites (tertiary alicyclic amines) is 1. The zero-order valence-corrected chi connectivity index (χ0v) is 27.6. The number of esters is 1. The molecule has 5 N–H and O–H groups in total. The molecule has 1 heterocycles. The lowest BCUT2D eigenvalue weighted by Gasteiger charge is -2.36. The average Bonchev–Trinajstić information content (AvgIpc) is 3.39. The van der Waals surface area contributed by atoms with Crippen LogP contribution in [0.5, 0.6) is 0 Å². The first-order chi connectivity index (χ1) is 21.1. The Morgan fingerprint density at radius 2 is 1.60 bits per heavy atom. The van der Waals surface area contributed by atoms with Crippen LogP contribution in [0.15, 0.2) is 12.7 Å². The van der Waals surface area contributed by atoms with Crippen molar-refractivity contribution in [3.8, 4) is 0 Å². The summed E-state index contributed by atoms with van der Waals surface area (Å²) in [7, 11) is 0. The fourth-order valence-electron chi connectivity index (χ4n) is 6.54. The molecule has 3 fully saturated rings. The van der Waals surface area contributed by atoms with E-state index in [0.29, 0.717) is 12.8 Å². The number of amides is 5. The van der Waals surface area contributed by atoms with Crippen LogP contribution >= 0.6 is 0 Å². The Morgan fingerprint density at radius 1 is 0.956 bits per heavy atom. The lowest BCUT2D eigenvalue weighted by molar-refractivity contribution is -0.152. The Kier molecular flexibility index (Phi) is 12.6. The molecule has 5 atom stereocenters. The van der Waals surface area contributed by atoms with Crippen LogP contribution in [0, 0.1) is 23.2 Å². The second-order valence-corrected chi connectivity index (χ2v) is 14.3. The van der Waals surface area contributed by atoms with Crippen LogP contribution in [0.25, 0.3) is 0 Å². The van der Waals surface area contributed by atoms with Gasteiger partial charge in [0.25, 0.3) is 5.91 Å². The van der Waals surface area contributed by atoms with Gasteiger partial charge in [-0.2, -0.15) is 0 Å². The first kappa shape index (κ1) is 36.0. The Morgan fingerprint density at radius 3 is 2.11 bits per heavy atom. The van der Waals surface area contributed by atoms with Crippen molar-refractivity contribution >= 4 is 35.5 Å². The Labute approximate surface area is 267 Å². The number of urea groups is 1. The molecule has 45 heavy (non-hydrogen) atoms. The molecular weight excluding hydrogens is 578 g/mol. The molecule has 5 amide bonds. The van der Waals surface area contributed by atoms with E-state index in [1.807, 2.05) is 20.8 Å². The van der Waals surface area contributed by atoms with Crippen molar-refractivity contribution in [2.24, 2.45) is 28.9 Å². The van der Waals surface area contributed by atoms with Gasteiger partial charge in [0, 0.05) is 6.54 Å². The number of rotatable bonds is 13. The van der Waals surface area contributed by atoms with Crippen molar-refractivity contribution in [1.82, 2.24) is 20.9 Å². The summed E-state index contributed by atoms with van der Waals surface area (Å²) in [6.07, 6.45) is 9.06. The molecule has 3 aliphatic rings. The highest BCUT2D eigenvalue weighted by atomic mass is 16.5. The van der Waals surface area contributed by atoms with Gasteiger partial charge in [0.15, 0.2) is 0 Å². The number of ether oxygens (including phenoxy) is 1. The van der Waals surface area contributed by atoms with E-state index in [2.05, 4.69) is 22.5 Å². The molecule has 12 heteroatoms. The van der Waals surface area contributed by atoms with Crippen LogP contribution in [-0.4, -0.2) is 77.2 Å². The molecule has 0 aromatic heterocycles. The molecule has 1 aliphatic heterocycles. The maximum atomic E-state index is 14.3. The lowest BCUT2D eigenvalue weighted by Crippen LogP contribution is -2.61. The van der Waals surface area contributed by atoms with Crippen molar-refractivity contribution < 1.29 is 33.5 Å². The third-order valence-electron chi connectivity index (χ3n) is 9.33. The van der Waals surface area contributed by atoms with Gasteiger partial charge in [-0.05, 0) is 62.7 Å². The van der Waals surface area contributed by atoms with Gasteiger partial charge in [0.05, 0.1) is 12.1 Å². The number of carbonyl (C=O) groups is 6. The number of nitrogens with two attached hydrogens (primary N) is 1. The number of ketones is 1. The largest absolute Gasteiger partial charge is 0.461 e. The fraction of sp³-hybridized carbons (Fsp3) is 0.758. The number of nitrogens with one attached hydrogen (secondary N) is 3. The van der Waals surface area contributed by atoms with E-state index in [1.165, 1.54) is 4.90 Å². The van der Waals surface area contributed by atoms with Crippen LogP contribution in [0.1, 0.15) is 98.8 Å². The zero-order valence-electron chi connectivity index (χ0n) is 27.6. The molecular formula is C33H53N5O7. The summed E-state index contributed by atoms with van der Waals surface area (Å²) in [5.74, 6) is -3.61. The molecule has 0 spiro atoms. The minimum atomic E-state index is -1.11. The van der Waals surface area contributed by atoms with Gasteiger partial charge < -0.3 is 31.3 Å². The molecule has 0 radical (unpaired) electrons. The minimum absolute atomic E-state index is 0.165. The number of hydrogen-bond donors (Lipinski definition) is 4. The van der Waals surface area contributed by atoms with Crippen molar-refractivity contribution in [3.05, 3.63) is 12.7 Å². The maximum Gasteiger partial charge on any atom is 0.329 e. The second kappa shape index (κ2) is 15.7. The third kappa shape index (κ3) is 9.77. The molecule has 3 rings (SSSR count). The van der Waals surface area contributed by atoms with Crippen molar-refractivity contribution in [2.45, 2.75) is 129 Å². The van der Waals surface area contributed by atoms with E-state index >= 15 is 0 Å². The van der Waals surface area contributed by atoms with Gasteiger partial charge in [-0.3, -0.25) is 19.2 Å². The summed E-state index contributed by atoms with van der Waals surface area (Å²) in [6, 6.07) is -4.56. The number of Topliss-reactive ketones (excluding diaryl/α,β-unsaturated/α-hetero) is 1. The quantitative estimate of drug-likeness (QED) is 0.137. The highest BCUT2D eigenvalue weighted by Gasteiger charge is 2.45. The first-order valence-electron chi connectivity index (χ1n) is 16.5. The molecule has 0 aromatic carbocycles. The summed E-state index contributed by atoms with van der Waals surface area (Å²) >= 11 is 0. The maximum absolute atomic E-state index is 14.3. The van der Waals surface area contributed by atoms with Crippen LogP contribution in [0.3, 0.4) is 0 Å². The van der Waals surface area contributed by atoms with E-state index in [-0.39, 0.29) is 30.4 Å². The number of nitrogens with zero attached hydrogens (tertiary/aromatic N) is 1. The summed E-state index contributed by atoms with van der Waals surface area (Å²) in [4.78, 5) is 80.2. The number of primary amides is 1. The first-order valence-corrected chi connectivity index (χ1v) is 16.5. The van der Waals surface area contributed by atoms with E-state index in [9.17, 15) is 28.8 Å². The Hall–Kier alpha value is -3.44. The van der Waals surface area contributed by atoms with Gasteiger partial charge in [0.1, 0.15) is 18.1 Å². The van der Waals surface area contributed by atoms with E-state index in [1.54, 1.807) is 19.9 Å². The molecule has 2 saturated carbocycles. The number of hydrogen-bond acceptors (Lipinski definition) is 7. The SMILES string of the molecule is C=C[C@@H]1C[C@@H](C(=O)NC(CC2CCC2)C(=O)C(N)=O)N(C(=O)[C@@H](NC(=O)N[C@H](C(=O)OC(C)C)C(C)(C)C)C2CCCCC2)C1. The summed E-state index contributed by atoms with van der Waals surface area (Å²) < 4.78 is 5.39. The predicted octanol–water partition coefficient (Wildman–Crippen LogP) is 2.73. The molecule has 1 unspecified atom stereocenters. The Bertz CT molecular complexity index is 1120. The summed E-state index contributed by atoms with van der Waals surface area (Å²) in [5, 5.41) is 8.33. The monoisotopic (exact) mass is 631 g/mol. The van der Waals surface area contributed by atoms with Crippen LogP contribution in [0.2, 0.25) is 0 Å². The van der Waals surface area contributed by atoms with Crippen LogP contribution in [-0.2, 0) is 28.7 Å². The Balaban J connectivity index is 1.83. The van der Waals surface area contributed by atoms with Gasteiger partial charge in [-0.15, -0.1) is 6.58 Å². The molecule has 12 nitrogen and oxygen atoms in total. The molecule has 252 valence electrons. The highest BCUT2D eigenvalue weighted by molar-refractivity contribution is 6.37. The normalized spacial score (nSPS) is 22.8. The molecule has 2 aliphatic carbocycles. The smallest absolute Gasteiger partial charge is 0.329 e. The van der Waals surface area contributed by atoms with Crippen LogP contribution in [0.4, 0.5) is 4.79 Å². The summed E-state index contributed by atoms with van der Waals surface area (Å²) in [6.45, 7) is 13.0. The van der Waals surface area contributed by atoms with Crippen molar-refractivity contribution in [3.63, 3.8) is 0 Å². The zero-order chi connectivity index (χ0) is 33.5. The second-order valence-electron chi connectivity index (χ2n) is 14.3. The van der Waals surface area contributed by atoms with E-state index in [0.717, 1.165) is 51.4 Å². The fourth-order valence-corrected chi connectivity index (χ4v) is 6.54. The standard InChI is InChI=1S/C33H53N5O7/c1-7-20-17-24(29(41)35-23(26(39)28(34)40)16-21-12-11-13-21)38(18-20)30(42)25(22-14-9-8-10-15-22)36-32(44)37-27(33(4,5)6)31(43)45-19(2)3/h7,19-25,27H,1,8-18H2,2-6H3,(H2,34,40)(H,35,41)(H2,36,37,44)/t20-,23?,24+,25+,27-/m1/s1. The predicted molar refractivity (Wildman–Crippen MR) is 168 cm³/mol. The third-order valence-corrected chi connectivity index (χ3v) is 9.33. The highest BCUT2D eigenvalue weighted by Crippen LogP contribution is 2.33. The van der Waals surface area contributed by atoms with E-state index < -0.39 is 65.1 Å². The topological polar surface area (TPSA) is 177 Å². The summed E-state index contributed by atoms with van der Waals surface area (Å²) in [5.41, 5.74) is 4.63. The van der Waals surface area contributed by atoms with Crippen LogP contribution < -0.4 is 21.7 Å².